The minimum Gasteiger partial charge on any atom is -0.466 e. The molecule has 1 aliphatic heterocycles. The summed E-state index contributed by atoms with van der Waals surface area (Å²) >= 11 is 0. The quantitative estimate of drug-likeness (QED) is 0.798. The third-order valence-electron chi connectivity index (χ3n) is 4.14. The maximum absolute atomic E-state index is 12.9. The van der Waals surface area contributed by atoms with E-state index in [1.807, 2.05) is 18.2 Å². The molecule has 0 bridgehead atoms. The molecule has 1 amide bonds. The van der Waals surface area contributed by atoms with E-state index in [-0.39, 0.29) is 5.91 Å². The van der Waals surface area contributed by atoms with E-state index in [1.54, 1.807) is 36.9 Å². The number of furan rings is 1. The van der Waals surface area contributed by atoms with Gasteiger partial charge < -0.3 is 18.8 Å². The summed E-state index contributed by atoms with van der Waals surface area (Å²) in [5.41, 5.74) is 0.985. The van der Waals surface area contributed by atoms with Crippen LogP contribution in [0.1, 0.15) is 33.5 Å². The highest BCUT2D eigenvalue weighted by atomic mass is 16.5. The van der Waals surface area contributed by atoms with Crippen LogP contribution in [0.2, 0.25) is 0 Å². The zero-order valence-electron chi connectivity index (χ0n) is 14.4. The van der Waals surface area contributed by atoms with Gasteiger partial charge >= 0.3 is 5.97 Å². The number of rotatable bonds is 4. The van der Waals surface area contributed by atoms with Crippen molar-refractivity contribution in [1.29, 1.82) is 0 Å². The Morgan fingerprint density at radius 1 is 1.12 bits per heavy atom. The average molecular weight is 343 g/mol. The van der Waals surface area contributed by atoms with Crippen LogP contribution >= 0.6 is 0 Å². The van der Waals surface area contributed by atoms with Crippen LogP contribution in [-0.4, -0.2) is 43.1 Å². The third kappa shape index (κ3) is 3.91. The zero-order chi connectivity index (χ0) is 17.8. The number of hydrogen-bond donors (Lipinski definition) is 0. The molecule has 1 aromatic heterocycles. The Balaban J connectivity index is 1.85. The largest absolute Gasteiger partial charge is 0.466 e. The summed E-state index contributed by atoms with van der Waals surface area (Å²) in [5.74, 6) is 0.305. The second-order valence-electron chi connectivity index (χ2n) is 5.96. The summed E-state index contributed by atoms with van der Waals surface area (Å²) < 4.78 is 16.3. The van der Waals surface area contributed by atoms with E-state index in [0.29, 0.717) is 49.0 Å². The van der Waals surface area contributed by atoms with Crippen LogP contribution in [0.15, 0.2) is 40.8 Å². The molecule has 25 heavy (non-hydrogen) atoms. The number of carbonyl (C=O) groups is 2. The molecule has 0 radical (unpaired) electrons. The van der Waals surface area contributed by atoms with E-state index in [0.717, 1.165) is 0 Å². The van der Waals surface area contributed by atoms with Crippen molar-refractivity contribution >= 4 is 11.9 Å². The first kappa shape index (κ1) is 17.2. The summed E-state index contributed by atoms with van der Waals surface area (Å²) in [6, 6.07) is 10.7. The maximum atomic E-state index is 12.9. The highest BCUT2D eigenvalue weighted by Gasteiger charge is 2.31. The van der Waals surface area contributed by atoms with Crippen molar-refractivity contribution in [3.63, 3.8) is 0 Å². The number of carbonyl (C=O) groups excluding carboxylic acids is 2. The minimum atomic E-state index is -0.985. The van der Waals surface area contributed by atoms with Crippen molar-refractivity contribution in [1.82, 2.24) is 4.90 Å². The Morgan fingerprint density at radius 3 is 2.40 bits per heavy atom. The molecular formula is C19H21NO5. The molecule has 0 N–H and O–H groups in total. The fourth-order valence-corrected chi connectivity index (χ4v) is 2.84. The first-order chi connectivity index (χ1) is 12.1. The standard InChI is InChI=1S/C19H21NO5/c1-13-12-16(14(2)24-13)19(22)25-17(15-6-4-3-5-7-15)18(21)20-8-10-23-11-9-20/h3-7,12,17H,8-11H2,1-2H3/t17-/m1/s1. The van der Waals surface area contributed by atoms with Crippen LogP contribution in [0.3, 0.4) is 0 Å². The SMILES string of the molecule is Cc1cc(C(=O)O[C@@H](C(=O)N2CCOCC2)c2ccccc2)c(C)o1. The number of morpholine rings is 1. The number of esters is 1. The van der Waals surface area contributed by atoms with Gasteiger partial charge in [0.1, 0.15) is 17.1 Å². The van der Waals surface area contributed by atoms with Gasteiger partial charge in [0, 0.05) is 18.7 Å². The number of nitrogens with zero attached hydrogens (tertiary/aromatic N) is 1. The summed E-state index contributed by atoms with van der Waals surface area (Å²) in [4.78, 5) is 27.2. The molecule has 0 spiro atoms. The molecule has 6 heteroatoms. The van der Waals surface area contributed by atoms with Gasteiger partial charge in [-0.25, -0.2) is 4.79 Å². The highest BCUT2D eigenvalue weighted by Crippen LogP contribution is 2.24. The van der Waals surface area contributed by atoms with Crippen molar-refractivity contribution in [2.45, 2.75) is 20.0 Å². The molecule has 132 valence electrons. The Hall–Kier alpha value is -2.60. The maximum Gasteiger partial charge on any atom is 0.342 e. The minimum absolute atomic E-state index is 0.235. The molecular weight excluding hydrogens is 322 g/mol. The van der Waals surface area contributed by atoms with Gasteiger partial charge in [-0.1, -0.05) is 30.3 Å². The molecule has 1 atom stereocenters. The van der Waals surface area contributed by atoms with Crippen LogP contribution in [-0.2, 0) is 14.3 Å². The third-order valence-corrected chi connectivity index (χ3v) is 4.14. The Kier molecular flexibility index (Phi) is 5.19. The predicted octanol–water partition coefficient (Wildman–Crippen LogP) is 2.65. The van der Waals surface area contributed by atoms with Crippen molar-refractivity contribution in [3.8, 4) is 0 Å². The highest BCUT2D eigenvalue weighted by molar-refractivity contribution is 5.93. The molecule has 0 saturated carbocycles. The van der Waals surface area contributed by atoms with Crippen LogP contribution < -0.4 is 0 Å². The van der Waals surface area contributed by atoms with E-state index in [1.165, 1.54) is 0 Å². The van der Waals surface area contributed by atoms with E-state index in [9.17, 15) is 9.59 Å². The van der Waals surface area contributed by atoms with Crippen LogP contribution in [0, 0.1) is 13.8 Å². The number of hydrogen-bond acceptors (Lipinski definition) is 5. The van der Waals surface area contributed by atoms with E-state index in [4.69, 9.17) is 13.9 Å². The molecule has 3 rings (SSSR count). The van der Waals surface area contributed by atoms with Gasteiger partial charge in [-0.15, -0.1) is 0 Å². The first-order valence-electron chi connectivity index (χ1n) is 8.26. The van der Waals surface area contributed by atoms with Gasteiger partial charge in [0.2, 0.25) is 6.10 Å². The fourth-order valence-electron chi connectivity index (χ4n) is 2.84. The summed E-state index contributed by atoms with van der Waals surface area (Å²) in [7, 11) is 0. The van der Waals surface area contributed by atoms with Gasteiger partial charge in [0.25, 0.3) is 5.91 Å². The molecule has 1 fully saturated rings. The average Bonchev–Trinajstić information content (AvgIpc) is 2.99. The molecule has 6 nitrogen and oxygen atoms in total. The molecule has 1 aromatic carbocycles. The lowest BCUT2D eigenvalue weighted by atomic mass is 10.1. The molecule has 2 heterocycles. The Labute approximate surface area is 146 Å². The molecule has 2 aromatic rings. The van der Waals surface area contributed by atoms with Crippen LogP contribution in [0.25, 0.3) is 0 Å². The normalized spacial score (nSPS) is 15.7. The fraction of sp³-hybridized carbons (Fsp3) is 0.368. The Morgan fingerprint density at radius 2 is 1.80 bits per heavy atom. The lowest BCUT2D eigenvalue weighted by Crippen LogP contribution is -2.44. The first-order valence-corrected chi connectivity index (χ1v) is 8.26. The second-order valence-corrected chi connectivity index (χ2v) is 5.96. The van der Waals surface area contributed by atoms with Crippen molar-refractivity contribution in [2.75, 3.05) is 26.3 Å². The summed E-state index contributed by atoms with van der Waals surface area (Å²) in [5, 5.41) is 0. The summed E-state index contributed by atoms with van der Waals surface area (Å²) in [6.45, 7) is 5.41. The van der Waals surface area contributed by atoms with E-state index >= 15 is 0 Å². The topological polar surface area (TPSA) is 69.0 Å². The van der Waals surface area contributed by atoms with Gasteiger partial charge in [0.05, 0.1) is 13.2 Å². The molecule has 1 aliphatic rings. The van der Waals surface area contributed by atoms with Crippen molar-refractivity contribution in [2.24, 2.45) is 0 Å². The van der Waals surface area contributed by atoms with Crippen LogP contribution in [0.5, 0.6) is 0 Å². The smallest absolute Gasteiger partial charge is 0.342 e. The van der Waals surface area contributed by atoms with Gasteiger partial charge in [-0.2, -0.15) is 0 Å². The molecule has 1 saturated heterocycles. The second kappa shape index (κ2) is 7.53. The number of ether oxygens (including phenoxy) is 2. The van der Waals surface area contributed by atoms with E-state index < -0.39 is 12.1 Å². The number of amides is 1. The Bertz CT molecular complexity index is 746. The van der Waals surface area contributed by atoms with Gasteiger partial charge in [0.15, 0.2) is 0 Å². The molecule has 0 unspecified atom stereocenters. The predicted molar refractivity (Wildman–Crippen MR) is 90.2 cm³/mol. The van der Waals surface area contributed by atoms with E-state index in [2.05, 4.69) is 0 Å². The lowest BCUT2D eigenvalue weighted by Gasteiger charge is -2.30. The summed E-state index contributed by atoms with van der Waals surface area (Å²) in [6.07, 6.45) is -0.985. The van der Waals surface area contributed by atoms with Gasteiger partial charge in [-0.05, 0) is 19.9 Å². The van der Waals surface area contributed by atoms with Crippen LogP contribution in [0.4, 0.5) is 0 Å². The zero-order valence-corrected chi connectivity index (χ0v) is 14.4. The van der Waals surface area contributed by atoms with Gasteiger partial charge in [-0.3, -0.25) is 4.79 Å². The molecule has 0 aliphatic carbocycles. The lowest BCUT2D eigenvalue weighted by molar-refractivity contribution is -0.145. The van der Waals surface area contributed by atoms with Crippen molar-refractivity contribution < 1.29 is 23.5 Å². The van der Waals surface area contributed by atoms with Crippen molar-refractivity contribution in [3.05, 3.63) is 59.0 Å². The number of aryl methyl sites for hydroxylation is 2. The monoisotopic (exact) mass is 343 g/mol. The number of benzene rings is 1.